The second-order valence-electron chi connectivity index (χ2n) is 6.79. The minimum Gasteiger partial charge on any atom is -0.179 e. The van der Waals surface area contributed by atoms with Crippen molar-refractivity contribution in [2.45, 2.75) is 12.8 Å². The molecular weight excluding hydrogens is 480 g/mol. The van der Waals surface area contributed by atoms with Crippen LogP contribution in [0.1, 0.15) is 22.3 Å². The van der Waals surface area contributed by atoms with Crippen molar-refractivity contribution in [2.24, 2.45) is 0 Å². The van der Waals surface area contributed by atoms with E-state index in [1.165, 1.54) is 44.5 Å². The molecule has 0 fully saturated rings. The number of benzene rings is 4. The van der Waals surface area contributed by atoms with Gasteiger partial charge in [0.05, 0.1) is 0 Å². The summed E-state index contributed by atoms with van der Waals surface area (Å²) in [6.45, 7) is 1.95. The first-order valence-electron chi connectivity index (χ1n) is 9.41. The van der Waals surface area contributed by atoms with Crippen LogP contribution in [0.4, 0.5) is 0 Å². The molecule has 4 aromatic rings. The largest absolute Gasteiger partial charge is 0.179 e. The summed E-state index contributed by atoms with van der Waals surface area (Å²) in [5, 5.41) is 0. The summed E-state index contributed by atoms with van der Waals surface area (Å²) in [6, 6.07) is 36.2. The van der Waals surface area contributed by atoms with Crippen LogP contribution in [0.5, 0.6) is 0 Å². The van der Waals surface area contributed by atoms with Gasteiger partial charge in [-0.15, -0.1) is 11.1 Å². The maximum Gasteiger partial charge on any atom is -0.0253 e. The first kappa shape index (κ1) is 30.0. The van der Waals surface area contributed by atoms with Crippen molar-refractivity contribution < 1.29 is 23.3 Å². The maximum atomic E-state index is 3.30. The van der Waals surface area contributed by atoms with Gasteiger partial charge in [-0.25, -0.2) is 0 Å². The second kappa shape index (κ2) is 14.2. The zero-order chi connectivity index (χ0) is 19.3. The molecule has 166 valence electrons. The molecular formula is C30H32SiZr-6. The molecule has 0 bridgehead atoms. The van der Waals surface area contributed by atoms with E-state index in [1.807, 2.05) is 19.0 Å². The topological polar surface area (TPSA) is 0 Å². The molecule has 0 spiro atoms. The first-order valence-corrected chi connectivity index (χ1v) is 15.3. The van der Waals surface area contributed by atoms with Gasteiger partial charge in [0.2, 0.25) is 0 Å². The monoisotopic (exact) mass is 510 g/mol. The molecule has 0 nitrogen and oxygen atoms in total. The fraction of sp³-hybridized carbons (Fsp3) is 0.0667. The Bertz CT molecular complexity index is 941. The Balaban J connectivity index is 0.000000500. The molecule has 0 aromatic heterocycles. The Labute approximate surface area is 213 Å². The molecule has 0 radical (unpaired) electrons. The summed E-state index contributed by atoms with van der Waals surface area (Å²) < 4.78 is 0. The van der Waals surface area contributed by atoms with Crippen molar-refractivity contribution in [3.05, 3.63) is 149 Å². The summed E-state index contributed by atoms with van der Waals surface area (Å²) in [7, 11) is 0. The third-order valence-corrected chi connectivity index (χ3v) is 5.23. The molecule has 0 saturated carbocycles. The number of rotatable bonds is 0. The molecule has 6 rings (SSSR count). The standard InChI is InChI=1S/2C13H9.4CH3.H2Si.Zr/c2*1-3-7-12-10(5-1)9-11-6-2-4-8-13(11)12;;;;;;/h2*1-5,7-8H,9H2;4*1H3;1H2;/q6*-1;;. The molecule has 32 heavy (non-hydrogen) atoms. The fourth-order valence-electron chi connectivity index (χ4n) is 4.00. The van der Waals surface area contributed by atoms with E-state index >= 15 is 0 Å². The van der Waals surface area contributed by atoms with Crippen LogP contribution in [-0.2, 0) is 36.2 Å². The van der Waals surface area contributed by atoms with Gasteiger partial charge in [0.25, 0.3) is 0 Å². The Morgan fingerprint density at radius 2 is 0.844 bits per heavy atom. The van der Waals surface area contributed by atoms with E-state index in [-0.39, 0.29) is 29.7 Å². The Morgan fingerprint density at radius 3 is 1.25 bits per heavy atom. The predicted octanol–water partition coefficient (Wildman–Crippen LogP) is 7.00. The quantitative estimate of drug-likeness (QED) is 0.152. The van der Waals surface area contributed by atoms with E-state index in [0.29, 0.717) is 0 Å². The van der Waals surface area contributed by atoms with Crippen LogP contribution in [-0.4, -0.2) is 6.88 Å². The normalized spacial score (nSPS) is 10.1. The van der Waals surface area contributed by atoms with Crippen molar-refractivity contribution in [2.75, 3.05) is 0 Å². The van der Waals surface area contributed by atoms with E-state index < -0.39 is 0 Å². The van der Waals surface area contributed by atoms with Crippen molar-refractivity contribution in [3.8, 4) is 22.3 Å². The molecule has 0 heterocycles. The zero-order valence-corrected chi connectivity index (χ0v) is 23.6. The van der Waals surface area contributed by atoms with Gasteiger partial charge in [-0.3, -0.25) is 0 Å². The van der Waals surface area contributed by atoms with Gasteiger partial charge in [0.15, 0.2) is 0 Å². The van der Waals surface area contributed by atoms with Crippen molar-refractivity contribution in [3.63, 3.8) is 0 Å². The maximum absolute atomic E-state index is 3.30. The van der Waals surface area contributed by atoms with Gasteiger partial charge >= 0.3 is 30.2 Å². The van der Waals surface area contributed by atoms with Gasteiger partial charge in [0.1, 0.15) is 0 Å². The van der Waals surface area contributed by atoms with E-state index in [1.54, 1.807) is 23.3 Å². The number of fused-ring (bicyclic) bond motifs is 6. The first-order chi connectivity index (χ1) is 13.9. The Hall–Kier alpha value is -2.02. The fourth-order valence-corrected chi connectivity index (χ4v) is 4.00. The van der Waals surface area contributed by atoms with Gasteiger partial charge in [0, 0.05) is 0 Å². The summed E-state index contributed by atoms with van der Waals surface area (Å²) in [5.41, 5.74) is 11.0. The minimum absolute atomic E-state index is 0. The number of hydrogen-bond acceptors (Lipinski definition) is 0. The van der Waals surface area contributed by atoms with Gasteiger partial charge in [-0.1, -0.05) is 70.8 Å². The summed E-state index contributed by atoms with van der Waals surface area (Å²) >= 11 is 1.58. The minimum atomic E-state index is 0. The van der Waals surface area contributed by atoms with Crippen LogP contribution >= 0.6 is 0 Å². The molecule has 2 aliphatic carbocycles. The smallest absolute Gasteiger partial charge is 0.0253 e. The molecule has 0 saturated heterocycles. The van der Waals surface area contributed by atoms with Crippen LogP contribution in [0, 0.1) is 41.8 Å². The van der Waals surface area contributed by atoms with Crippen LogP contribution in [0.15, 0.2) is 84.9 Å². The molecule has 0 N–H and O–H groups in total. The van der Waals surface area contributed by atoms with E-state index in [4.69, 9.17) is 0 Å². The SMILES string of the molecule is [CH3-].[CH3-].[CH3-].[CH3-].[SiH2]=[Zr].[c-]1cccc2c1Cc1ccccc1-2.[c-]1cccc2c1Cc1ccccc1-2. The van der Waals surface area contributed by atoms with Crippen LogP contribution < -0.4 is 0 Å². The molecule has 4 aromatic carbocycles. The van der Waals surface area contributed by atoms with E-state index in [2.05, 4.69) is 84.9 Å². The number of hydrogen-bond donors (Lipinski definition) is 0. The Kier molecular flexibility index (Phi) is 13.3. The zero-order valence-electron chi connectivity index (χ0n) is 19.7. The molecule has 0 atom stereocenters. The van der Waals surface area contributed by atoms with Crippen molar-refractivity contribution >= 4 is 6.88 Å². The average Bonchev–Trinajstić information content (AvgIpc) is 3.34. The molecule has 0 aliphatic heterocycles. The average molecular weight is 512 g/mol. The van der Waals surface area contributed by atoms with Gasteiger partial charge in [-0.05, 0) is 12.8 Å². The summed E-state index contributed by atoms with van der Waals surface area (Å²) in [6.07, 6.45) is 2.10. The summed E-state index contributed by atoms with van der Waals surface area (Å²) in [5.74, 6) is 0. The third kappa shape index (κ3) is 6.06. The molecule has 2 aliphatic rings. The predicted molar refractivity (Wildman–Crippen MR) is 141 cm³/mol. The van der Waals surface area contributed by atoms with Crippen LogP contribution in [0.2, 0.25) is 0 Å². The second-order valence-corrected chi connectivity index (χ2v) is 6.79. The molecule has 2 heteroatoms. The van der Waals surface area contributed by atoms with E-state index in [9.17, 15) is 0 Å². The third-order valence-electron chi connectivity index (χ3n) is 5.23. The molecule has 0 unspecified atom stereocenters. The molecule has 0 amide bonds. The summed E-state index contributed by atoms with van der Waals surface area (Å²) in [4.78, 5) is 0. The van der Waals surface area contributed by atoms with Crippen LogP contribution in [0.25, 0.3) is 22.3 Å². The van der Waals surface area contributed by atoms with Crippen LogP contribution in [0.3, 0.4) is 0 Å². The van der Waals surface area contributed by atoms with Gasteiger partial charge in [-0.2, -0.15) is 59.7 Å². The van der Waals surface area contributed by atoms with Gasteiger partial charge < -0.3 is 29.7 Å². The van der Waals surface area contributed by atoms with E-state index in [0.717, 1.165) is 12.8 Å². The Morgan fingerprint density at radius 1 is 0.500 bits per heavy atom. The van der Waals surface area contributed by atoms with Crippen molar-refractivity contribution in [1.29, 1.82) is 0 Å². The van der Waals surface area contributed by atoms with Crippen molar-refractivity contribution in [1.82, 2.24) is 0 Å².